The highest BCUT2D eigenvalue weighted by atomic mass is 19.3. The molecule has 1 aromatic heterocycles. The van der Waals surface area contributed by atoms with Gasteiger partial charge in [-0.05, 0) is 44.6 Å². The second-order valence-corrected chi connectivity index (χ2v) is 6.92. The van der Waals surface area contributed by atoms with Gasteiger partial charge >= 0.3 is 6.55 Å². The number of hydrogen-bond donors (Lipinski definition) is 0. The molecule has 0 bridgehead atoms. The highest BCUT2D eigenvalue weighted by Gasteiger charge is 2.44. The number of fused-ring (bicyclic) bond motifs is 3. The van der Waals surface area contributed by atoms with E-state index in [1.807, 2.05) is 19.1 Å². The van der Waals surface area contributed by atoms with Gasteiger partial charge in [-0.3, -0.25) is 4.79 Å². The van der Waals surface area contributed by atoms with Crippen LogP contribution in [-0.4, -0.2) is 46.8 Å². The summed E-state index contributed by atoms with van der Waals surface area (Å²) in [5.74, 6) is -0.0589. The predicted molar refractivity (Wildman–Crippen MR) is 90.1 cm³/mol. The van der Waals surface area contributed by atoms with Gasteiger partial charge in [-0.1, -0.05) is 17.7 Å². The Kier molecular flexibility index (Phi) is 3.83. The predicted octanol–water partition coefficient (Wildman–Crippen LogP) is 3.03. The number of halogens is 2. The molecule has 1 aromatic carbocycles. The Morgan fingerprint density at radius 1 is 1.32 bits per heavy atom. The second-order valence-electron chi connectivity index (χ2n) is 6.92. The van der Waals surface area contributed by atoms with Crippen LogP contribution in [0.1, 0.15) is 40.5 Å². The van der Waals surface area contributed by atoms with Crippen LogP contribution in [0.15, 0.2) is 30.5 Å². The molecule has 2 aliphatic rings. The van der Waals surface area contributed by atoms with Crippen LogP contribution in [0.5, 0.6) is 0 Å². The Bertz CT molecular complexity index is 819. The van der Waals surface area contributed by atoms with E-state index >= 15 is 0 Å². The summed E-state index contributed by atoms with van der Waals surface area (Å²) in [5, 5.41) is 3.76. The van der Waals surface area contributed by atoms with Crippen LogP contribution >= 0.6 is 0 Å². The average Bonchev–Trinajstić information content (AvgIpc) is 3.17. The first kappa shape index (κ1) is 16.2. The number of anilines is 1. The molecule has 132 valence electrons. The van der Waals surface area contributed by atoms with E-state index in [-0.39, 0.29) is 23.6 Å². The van der Waals surface area contributed by atoms with E-state index in [2.05, 4.69) is 23.1 Å². The van der Waals surface area contributed by atoms with E-state index < -0.39 is 6.55 Å². The molecular formula is C18H20F2N4O. The summed E-state index contributed by atoms with van der Waals surface area (Å²) in [6, 6.07) is 7.50. The number of benzene rings is 1. The number of nitrogens with zero attached hydrogens (tertiary/aromatic N) is 4. The molecule has 2 aliphatic heterocycles. The van der Waals surface area contributed by atoms with Crippen molar-refractivity contribution in [2.75, 3.05) is 25.0 Å². The third kappa shape index (κ3) is 2.63. The lowest BCUT2D eigenvalue weighted by molar-refractivity contribution is 0.0560. The third-order valence-electron chi connectivity index (χ3n) is 5.20. The topological polar surface area (TPSA) is 41.4 Å². The maximum absolute atomic E-state index is 13.1. The second kappa shape index (κ2) is 5.91. The van der Waals surface area contributed by atoms with Gasteiger partial charge in [0.2, 0.25) is 0 Å². The van der Waals surface area contributed by atoms with Gasteiger partial charge in [0, 0.05) is 30.4 Å². The highest BCUT2D eigenvalue weighted by Crippen LogP contribution is 2.45. The first-order valence-corrected chi connectivity index (χ1v) is 8.41. The van der Waals surface area contributed by atoms with Gasteiger partial charge in [-0.25, -0.2) is 4.68 Å². The van der Waals surface area contributed by atoms with Crippen LogP contribution in [0.4, 0.5) is 14.5 Å². The number of likely N-dealkylation sites (N-methyl/N-ethyl adjacent to an activating group) is 1. The number of carbonyl (C=O) groups excluding carboxylic acids is 1. The Morgan fingerprint density at radius 3 is 2.84 bits per heavy atom. The van der Waals surface area contributed by atoms with Crippen molar-refractivity contribution in [1.29, 1.82) is 0 Å². The number of amides is 1. The maximum atomic E-state index is 13.1. The summed E-state index contributed by atoms with van der Waals surface area (Å²) in [5.41, 5.74) is 3.26. The minimum Gasteiger partial charge on any atom is -0.306 e. The molecule has 1 amide bonds. The largest absolute Gasteiger partial charge is 0.333 e. The molecule has 5 nitrogen and oxygen atoms in total. The minimum atomic E-state index is -2.74. The number of likely N-dealkylation sites (tertiary alicyclic amines) is 1. The third-order valence-corrected chi connectivity index (χ3v) is 5.20. The van der Waals surface area contributed by atoms with E-state index in [4.69, 9.17) is 0 Å². The van der Waals surface area contributed by atoms with Crippen LogP contribution in [0.3, 0.4) is 0 Å². The molecule has 0 N–H and O–H groups in total. The number of carbonyl (C=O) groups is 1. The average molecular weight is 346 g/mol. The van der Waals surface area contributed by atoms with E-state index in [0.717, 1.165) is 42.5 Å². The Morgan fingerprint density at radius 2 is 2.12 bits per heavy atom. The maximum Gasteiger partial charge on any atom is 0.333 e. The van der Waals surface area contributed by atoms with Crippen molar-refractivity contribution in [2.45, 2.75) is 31.9 Å². The summed E-state index contributed by atoms with van der Waals surface area (Å²) in [4.78, 5) is 17.1. The SMILES string of the molecule is Cc1ccc2c(c1)[C@H]1CN(C)CC[C@H]1N2C(=O)c1ccn(C(F)F)n1. The minimum absolute atomic E-state index is 0.0530. The number of piperidine rings is 1. The molecule has 0 unspecified atom stereocenters. The molecule has 3 heterocycles. The normalized spacial score (nSPS) is 23.0. The highest BCUT2D eigenvalue weighted by molar-refractivity contribution is 6.07. The lowest BCUT2D eigenvalue weighted by atomic mass is 9.89. The Labute approximate surface area is 144 Å². The van der Waals surface area contributed by atoms with Crippen LogP contribution in [0.2, 0.25) is 0 Å². The van der Waals surface area contributed by atoms with Gasteiger partial charge in [0.1, 0.15) is 0 Å². The van der Waals surface area contributed by atoms with Crippen molar-refractivity contribution >= 4 is 11.6 Å². The van der Waals surface area contributed by atoms with Gasteiger partial charge in [0.15, 0.2) is 5.69 Å². The lowest BCUT2D eigenvalue weighted by Crippen LogP contribution is -2.47. The summed E-state index contributed by atoms with van der Waals surface area (Å²) in [7, 11) is 2.08. The number of alkyl halides is 2. The van der Waals surface area contributed by atoms with Crippen molar-refractivity contribution in [3.8, 4) is 0 Å². The Balaban J connectivity index is 1.74. The van der Waals surface area contributed by atoms with Crippen LogP contribution in [-0.2, 0) is 0 Å². The molecule has 4 rings (SSSR count). The van der Waals surface area contributed by atoms with Gasteiger partial charge in [-0.2, -0.15) is 13.9 Å². The number of aryl methyl sites for hydroxylation is 1. The first-order chi connectivity index (χ1) is 12.0. The van der Waals surface area contributed by atoms with E-state index in [1.165, 1.54) is 6.07 Å². The fourth-order valence-corrected chi connectivity index (χ4v) is 4.03. The fourth-order valence-electron chi connectivity index (χ4n) is 4.03. The Hall–Kier alpha value is -2.28. The number of aromatic nitrogens is 2. The molecule has 0 aliphatic carbocycles. The summed E-state index contributed by atoms with van der Waals surface area (Å²) in [6.07, 6.45) is 2.01. The molecular weight excluding hydrogens is 326 g/mol. The van der Waals surface area contributed by atoms with E-state index in [9.17, 15) is 13.6 Å². The van der Waals surface area contributed by atoms with Crippen molar-refractivity contribution in [3.05, 3.63) is 47.3 Å². The molecule has 25 heavy (non-hydrogen) atoms. The van der Waals surface area contributed by atoms with Crippen molar-refractivity contribution in [1.82, 2.24) is 14.7 Å². The zero-order chi connectivity index (χ0) is 17.7. The molecule has 1 saturated heterocycles. The monoisotopic (exact) mass is 346 g/mol. The zero-order valence-corrected chi connectivity index (χ0v) is 14.2. The van der Waals surface area contributed by atoms with Crippen molar-refractivity contribution < 1.29 is 13.6 Å². The number of rotatable bonds is 2. The van der Waals surface area contributed by atoms with E-state index in [1.54, 1.807) is 4.90 Å². The van der Waals surface area contributed by atoms with Gasteiger partial charge in [0.25, 0.3) is 5.91 Å². The van der Waals surface area contributed by atoms with E-state index in [0.29, 0.717) is 4.68 Å². The first-order valence-electron chi connectivity index (χ1n) is 8.41. The van der Waals surface area contributed by atoms with Crippen molar-refractivity contribution in [2.24, 2.45) is 0 Å². The molecule has 2 aromatic rings. The number of hydrogen-bond acceptors (Lipinski definition) is 3. The van der Waals surface area contributed by atoms with Gasteiger partial charge in [0.05, 0.1) is 0 Å². The van der Waals surface area contributed by atoms with Crippen LogP contribution < -0.4 is 4.90 Å². The van der Waals surface area contributed by atoms with Gasteiger partial charge in [-0.15, -0.1) is 0 Å². The summed E-state index contributed by atoms with van der Waals surface area (Å²) >= 11 is 0. The molecule has 7 heteroatoms. The fraction of sp³-hybridized carbons (Fsp3) is 0.444. The van der Waals surface area contributed by atoms with Gasteiger partial charge < -0.3 is 9.80 Å². The molecule has 2 atom stereocenters. The molecule has 0 saturated carbocycles. The standard InChI is InChI=1S/C18H20F2N4O/c1-11-3-4-15-12(9-11)13-10-22(2)7-6-16(13)24(15)17(25)14-5-8-23(21-14)18(19)20/h3-5,8-9,13,16,18H,6-7,10H2,1-2H3/t13-,16-/m1/s1. The smallest absolute Gasteiger partial charge is 0.306 e. The molecule has 0 spiro atoms. The lowest BCUT2D eigenvalue weighted by Gasteiger charge is -2.36. The van der Waals surface area contributed by atoms with Crippen molar-refractivity contribution in [3.63, 3.8) is 0 Å². The van der Waals surface area contributed by atoms with Crippen LogP contribution in [0.25, 0.3) is 0 Å². The summed E-state index contributed by atoms with van der Waals surface area (Å²) < 4.78 is 26.1. The molecule has 0 radical (unpaired) electrons. The van der Waals surface area contributed by atoms with Crippen LogP contribution in [0, 0.1) is 6.92 Å². The summed E-state index contributed by atoms with van der Waals surface area (Å²) in [6.45, 7) is 1.09. The molecule has 1 fully saturated rings. The zero-order valence-electron chi connectivity index (χ0n) is 14.2. The quantitative estimate of drug-likeness (QED) is 0.839.